The van der Waals surface area contributed by atoms with Crippen LogP contribution in [0.3, 0.4) is 0 Å². The summed E-state index contributed by atoms with van der Waals surface area (Å²) in [6.07, 6.45) is 1.61. The number of hydrogen-bond donors (Lipinski definition) is 2. The van der Waals surface area contributed by atoms with Crippen molar-refractivity contribution in [3.8, 4) is 0 Å². The number of benzene rings is 2. The van der Waals surface area contributed by atoms with E-state index in [1.165, 1.54) is 18.2 Å². The number of nitrogens with two attached hydrogens (primary N) is 1. The summed E-state index contributed by atoms with van der Waals surface area (Å²) < 4.78 is 18.9. The lowest BCUT2D eigenvalue weighted by Gasteiger charge is -2.17. The monoisotopic (exact) mass is 290 g/mol. The highest BCUT2D eigenvalue weighted by atomic mass is 35.5. The second-order valence-electron chi connectivity index (χ2n) is 4.45. The molecule has 3 nitrogen and oxygen atoms in total. The van der Waals surface area contributed by atoms with Crippen molar-refractivity contribution < 1.29 is 8.81 Å². The molecule has 0 aliphatic carbocycles. The van der Waals surface area contributed by atoms with Crippen LogP contribution in [0.5, 0.6) is 0 Å². The molecule has 3 aromatic rings. The molecule has 3 rings (SSSR count). The molecule has 3 N–H and O–H groups in total. The van der Waals surface area contributed by atoms with Gasteiger partial charge >= 0.3 is 0 Å². The minimum Gasteiger partial charge on any atom is -0.464 e. The van der Waals surface area contributed by atoms with Crippen LogP contribution in [0.15, 0.2) is 53.1 Å². The van der Waals surface area contributed by atoms with Gasteiger partial charge < -0.3 is 4.42 Å². The summed E-state index contributed by atoms with van der Waals surface area (Å²) in [4.78, 5) is 0. The van der Waals surface area contributed by atoms with E-state index in [-0.39, 0.29) is 5.82 Å². The molecule has 0 bridgehead atoms. The van der Waals surface area contributed by atoms with E-state index in [1.54, 1.807) is 6.26 Å². The summed E-state index contributed by atoms with van der Waals surface area (Å²) in [6, 6.07) is 11.3. The highest BCUT2D eigenvalue weighted by molar-refractivity contribution is 6.31. The first-order valence-electron chi connectivity index (χ1n) is 6.08. The molecule has 0 spiro atoms. The molecule has 5 heteroatoms. The lowest BCUT2D eigenvalue weighted by Crippen LogP contribution is -2.29. The Balaban J connectivity index is 2.16. The maximum atomic E-state index is 13.4. The number of furan rings is 1. The third-order valence-corrected chi connectivity index (χ3v) is 3.60. The SMILES string of the molecule is NNC(c1cc(F)ccc1Cl)c1coc2ccccc12. The van der Waals surface area contributed by atoms with Crippen LogP contribution in [-0.2, 0) is 0 Å². The molecule has 0 aliphatic heterocycles. The zero-order chi connectivity index (χ0) is 14.1. The molecule has 20 heavy (non-hydrogen) atoms. The summed E-state index contributed by atoms with van der Waals surface area (Å²) >= 11 is 6.14. The Morgan fingerprint density at radius 2 is 1.95 bits per heavy atom. The molecule has 2 aromatic carbocycles. The Morgan fingerprint density at radius 1 is 1.15 bits per heavy atom. The zero-order valence-corrected chi connectivity index (χ0v) is 11.2. The molecule has 0 saturated carbocycles. The van der Waals surface area contributed by atoms with Gasteiger partial charge in [0.15, 0.2) is 0 Å². The van der Waals surface area contributed by atoms with Crippen molar-refractivity contribution in [2.45, 2.75) is 6.04 Å². The normalized spacial score (nSPS) is 12.8. The van der Waals surface area contributed by atoms with Crippen molar-refractivity contribution in [3.63, 3.8) is 0 Å². The predicted molar refractivity (Wildman–Crippen MR) is 76.8 cm³/mol. The van der Waals surface area contributed by atoms with Crippen molar-refractivity contribution in [3.05, 3.63) is 70.7 Å². The lowest BCUT2D eigenvalue weighted by molar-refractivity contribution is 0.580. The predicted octanol–water partition coefficient (Wildman–Crippen LogP) is 3.78. The summed E-state index contributed by atoms with van der Waals surface area (Å²) in [5, 5.41) is 1.36. The van der Waals surface area contributed by atoms with Gasteiger partial charge in [-0.2, -0.15) is 0 Å². The summed E-state index contributed by atoms with van der Waals surface area (Å²) in [6.45, 7) is 0. The van der Waals surface area contributed by atoms with E-state index in [2.05, 4.69) is 5.43 Å². The fraction of sp³-hybridized carbons (Fsp3) is 0.0667. The van der Waals surface area contributed by atoms with Crippen LogP contribution in [0.25, 0.3) is 11.0 Å². The molecule has 102 valence electrons. The van der Waals surface area contributed by atoms with Crippen LogP contribution < -0.4 is 11.3 Å². The second kappa shape index (κ2) is 5.25. The standard InChI is InChI=1S/C15H12ClFN2O/c16-13-6-5-9(17)7-11(13)15(19-18)12-8-20-14-4-2-1-3-10(12)14/h1-8,15,19H,18H2. The first-order chi connectivity index (χ1) is 9.70. The fourth-order valence-corrected chi connectivity index (χ4v) is 2.53. The van der Waals surface area contributed by atoms with Gasteiger partial charge in [0.1, 0.15) is 11.4 Å². The third-order valence-electron chi connectivity index (χ3n) is 3.26. The van der Waals surface area contributed by atoms with Gasteiger partial charge in [-0.25, -0.2) is 9.82 Å². The van der Waals surface area contributed by atoms with Gasteiger partial charge in [-0.3, -0.25) is 5.84 Å². The molecule has 1 heterocycles. The van der Waals surface area contributed by atoms with Crippen LogP contribution >= 0.6 is 11.6 Å². The number of fused-ring (bicyclic) bond motifs is 1. The summed E-state index contributed by atoms with van der Waals surface area (Å²) in [7, 11) is 0. The molecule has 1 aromatic heterocycles. The first kappa shape index (κ1) is 13.1. The minimum atomic E-state index is -0.443. The van der Waals surface area contributed by atoms with Gasteiger partial charge in [0.25, 0.3) is 0 Å². The highest BCUT2D eigenvalue weighted by Crippen LogP contribution is 2.33. The third kappa shape index (κ3) is 2.18. The van der Waals surface area contributed by atoms with Crippen molar-refractivity contribution in [1.82, 2.24) is 5.43 Å². The molecule has 1 unspecified atom stereocenters. The van der Waals surface area contributed by atoms with E-state index in [0.29, 0.717) is 10.6 Å². The fourth-order valence-electron chi connectivity index (χ4n) is 2.30. The largest absolute Gasteiger partial charge is 0.464 e. The van der Waals surface area contributed by atoms with Gasteiger partial charge in [0, 0.05) is 16.0 Å². The van der Waals surface area contributed by atoms with Crippen molar-refractivity contribution in [2.24, 2.45) is 5.84 Å². The molecule has 0 amide bonds. The Hall–Kier alpha value is -1.88. The van der Waals surface area contributed by atoms with E-state index in [1.807, 2.05) is 24.3 Å². The molecule has 0 fully saturated rings. The number of para-hydroxylation sites is 1. The summed E-state index contributed by atoms with van der Waals surface area (Å²) in [5.74, 6) is 5.27. The smallest absolute Gasteiger partial charge is 0.134 e. The molecule has 1 atom stereocenters. The highest BCUT2D eigenvalue weighted by Gasteiger charge is 2.20. The van der Waals surface area contributed by atoms with Crippen LogP contribution in [0.2, 0.25) is 5.02 Å². The van der Waals surface area contributed by atoms with Crippen molar-refractivity contribution in [2.75, 3.05) is 0 Å². The van der Waals surface area contributed by atoms with E-state index in [0.717, 1.165) is 16.5 Å². The number of rotatable bonds is 3. The van der Waals surface area contributed by atoms with E-state index in [9.17, 15) is 4.39 Å². The number of halogens is 2. The van der Waals surface area contributed by atoms with Gasteiger partial charge in [-0.1, -0.05) is 29.8 Å². The quantitative estimate of drug-likeness (QED) is 0.570. The van der Waals surface area contributed by atoms with Crippen LogP contribution in [0.1, 0.15) is 17.2 Å². The second-order valence-corrected chi connectivity index (χ2v) is 4.86. The maximum Gasteiger partial charge on any atom is 0.134 e. The molecule has 0 saturated heterocycles. The molecular weight excluding hydrogens is 279 g/mol. The van der Waals surface area contributed by atoms with E-state index < -0.39 is 6.04 Å². The molecular formula is C15H12ClFN2O. The van der Waals surface area contributed by atoms with Crippen LogP contribution in [0, 0.1) is 5.82 Å². The number of hydrogen-bond acceptors (Lipinski definition) is 3. The average Bonchev–Trinajstić information content (AvgIpc) is 2.88. The van der Waals surface area contributed by atoms with E-state index in [4.69, 9.17) is 21.9 Å². The van der Waals surface area contributed by atoms with Crippen LogP contribution in [0.4, 0.5) is 4.39 Å². The number of nitrogens with one attached hydrogen (secondary N) is 1. The Morgan fingerprint density at radius 3 is 2.75 bits per heavy atom. The number of hydrazine groups is 1. The topological polar surface area (TPSA) is 51.2 Å². The Bertz CT molecular complexity index is 756. The maximum absolute atomic E-state index is 13.4. The van der Waals surface area contributed by atoms with Crippen LogP contribution in [-0.4, -0.2) is 0 Å². The average molecular weight is 291 g/mol. The zero-order valence-electron chi connectivity index (χ0n) is 10.4. The van der Waals surface area contributed by atoms with Gasteiger partial charge in [0.05, 0.1) is 12.3 Å². The Labute approximate surface area is 120 Å². The van der Waals surface area contributed by atoms with Gasteiger partial charge in [-0.15, -0.1) is 0 Å². The lowest BCUT2D eigenvalue weighted by atomic mass is 9.98. The summed E-state index contributed by atoms with van der Waals surface area (Å²) in [5.41, 5.74) is 4.80. The molecule has 0 aliphatic rings. The first-order valence-corrected chi connectivity index (χ1v) is 6.45. The van der Waals surface area contributed by atoms with Crippen molar-refractivity contribution >= 4 is 22.6 Å². The Kier molecular flexibility index (Phi) is 3.44. The van der Waals surface area contributed by atoms with Crippen molar-refractivity contribution in [1.29, 1.82) is 0 Å². The van der Waals surface area contributed by atoms with Gasteiger partial charge in [0.2, 0.25) is 0 Å². The van der Waals surface area contributed by atoms with E-state index >= 15 is 0 Å². The van der Waals surface area contributed by atoms with Gasteiger partial charge in [-0.05, 0) is 29.8 Å². The molecule has 0 radical (unpaired) electrons. The minimum absolute atomic E-state index is 0.363.